The Morgan fingerprint density at radius 1 is 1.35 bits per heavy atom. The van der Waals surface area contributed by atoms with E-state index < -0.39 is 0 Å². The van der Waals surface area contributed by atoms with Crippen molar-refractivity contribution in [1.29, 1.82) is 0 Å². The Morgan fingerprint density at radius 2 is 2.18 bits per heavy atom. The molecule has 0 aliphatic carbocycles. The van der Waals surface area contributed by atoms with Crippen molar-refractivity contribution in [2.24, 2.45) is 5.73 Å². The van der Waals surface area contributed by atoms with Crippen LogP contribution in [0.25, 0.3) is 0 Å². The normalized spacial score (nSPS) is 16.5. The first kappa shape index (κ1) is 12.9. The summed E-state index contributed by atoms with van der Waals surface area (Å²) < 4.78 is 0. The zero-order chi connectivity index (χ0) is 11.9. The van der Waals surface area contributed by atoms with Crippen LogP contribution < -0.4 is 5.73 Å². The Bertz CT molecular complexity index is 337. The number of aromatic nitrogens is 1. The first-order chi connectivity index (χ1) is 8.38. The van der Waals surface area contributed by atoms with Gasteiger partial charge in [0.15, 0.2) is 0 Å². The molecule has 1 aromatic rings. The van der Waals surface area contributed by atoms with Crippen molar-refractivity contribution in [1.82, 2.24) is 9.88 Å². The van der Waals surface area contributed by atoms with Gasteiger partial charge in [0.2, 0.25) is 0 Å². The number of hydrogen-bond donors (Lipinski definition) is 1. The molecule has 0 amide bonds. The lowest BCUT2D eigenvalue weighted by atomic mass is 10.2. The second kappa shape index (κ2) is 6.99. The van der Waals surface area contributed by atoms with E-state index in [1.54, 1.807) is 0 Å². The van der Waals surface area contributed by atoms with Crippen LogP contribution in [0.1, 0.15) is 24.1 Å². The van der Waals surface area contributed by atoms with E-state index in [0.717, 1.165) is 24.6 Å². The average Bonchev–Trinajstić information content (AvgIpc) is 2.83. The SMILES string of the molecule is NCCSCc1cc(CN2CCCC2)ccn1. The Kier molecular flexibility index (Phi) is 5.29. The molecule has 1 fully saturated rings. The molecule has 0 spiro atoms. The van der Waals surface area contributed by atoms with Gasteiger partial charge in [-0.15, -0.1) is 0 Å². The van der Waals surface area contributed by atoms with Gasteiger partial charge in [-0.2, -0.15) is 11.8 Å². The first-order valence-electron chi connectivity index (χ1n) is 6.32. The molecular weight excluding hydrogens is 230 g/mol. The molecule has 94 valence electrons. The highest BCUT2D eigenvalue weighted by atomic mass is 32.2. The van der Waals surface area contributed by atoms with E-state index in [9.17, 15) is 0 Å². The number of nitrogens with two attached hydrogens (primary N) is 1. The molecule has 4 heteroatoms. The zero-order valence-corrected chi connectivity index (χ0v) is 11.1. The fourth-order valence-electron chi connectivity index (χ4n) is 2.16. The zero-order valence-electron chi connectivity index (χ0n) is 10.3. The number of pyridine rings is 1. The molecule has 2 rings (SSSR count). The molecule has 17 heavy (non-hydrogen) atoms. The van der Waals surface area contributed by atoms with E-state index in [0.29, 0.717) is 0 Å². The summed E-state index contributed by atoms with van der Waals surface area (Å²) in [5, 5.41) is 0. The van der Waals surface area contributed by atoms with Crippen molar-refractivity contribution in [2.75, 3.05) is 25.4 Å². The van der Waals surface area contributed by atoms with Gasteiger partial charge in [-0.1, -0.05) is 0 Å². The smallest absolute Gasteiger partial charge is 0.0505 e. The van der Waals surface area contributed by atoms with Crippen LogP contribution in [0.2, 0.25) is 0 Å². The summed E-state index contributed by atoms with van der Waals surface area (Å²) in [5.74, 6) is 1.99. The number of hydrogen-bond acceptors (Lipinski definition) is 4. The number of rotatable bonds is 6. The molecule has 1 aliphatic heterocycles. The lowest BCUT2D eigenvalue weighted by molar-refractivity contribution is 0.331. The second-order valence-electron chi connectivity index (χ2n) is 4.48. The molecule has 2 heterocycles. The van der Waals surface area contributed by atoms with Gasteiger partial charge >= 0.3 is 0 Å². The van der Waals surface area contributed by atoms with Crippen molar-refractivity contribution in [3.63, 3.8) is 0 Å². The molecular formula is C13H21N3S. The van der Waals surface area contributed by atoms with Gasteiger partial charge in [-0.3, -0.25) is 9.88 Å². The van der Waals surface area contributed by atoms with Crippen molar-refractivity contribution >= 4 is 11.8 Å². The summed E-state index contributed by atoms with van der Waals surface area (Å²) >= 11 is 1.86. The van der Waals surface area contributed by atoms with E-state index in [4.69, 9.17) is 5.73 Å². The van der Waals surface area contributed by atoms with Gasteiger partial charge in [0.05, 0.1) is 5.69 Å². The van der Waals surface area contributed by atoms with E-state index in [1.165, 1.54) is 37.2 Å². The summed E-state index contributed by atoms with van der Waals surface area (Å²) in [6.45, 7) is 4.33. The first-order valence-corrected chi connectivity index (χ1v) is 7.48. The van der Waals surface area contributed by atoms with Crippen molar-refractivity contribution in [3.05, 3.63) is 29.6 Å². The van der Waals surface area contributed by atoms with Gasteiger partial charge < -0.3 is 5.73 Å². The van der Waals surface area contributed by atoms with Crippen molar-refractivity contribution in [2.45, 2.75) is 25.1 Å². The van der Waals surface area contributed by atoms with Crippen LogP contribution in [0.3, 0.4) is 0 Å². The predicted octanol–water partition coefficient (Wildman–Crippen LogP) is 1.87. The Balaban J connectivity index is 1.86. The summed E-state index contributed by atoms with van der Waals surface area (Å²) in [6, 6.07) is 4.37. The Labute approximate surface area is 108 Å². The fourth-order valence-corrected chi connectivity index (χ4v) is 2.84. The van der Waals surface area contributed by atoms with Gasteiger partial charge in [0.1, 0.15) is 0 Å². The fraction of sp³-hybridized carbons (Fsp3) is 0.615. The molecule has 0 aromatic carbocycles. The van der Waals surface area contributed by atoms with Gasteiger partial charge in [0, 0.05) is 30.8 Å². The molecule has 0 saturated carbocycles. The standard InChI is InChI=1S/C13H21N3S/c14-4-8-17-11-13-9-12(3-5-15-13)10-16-6-1-2-7-16/h3,5,9H,1-2,4,6-8,10-11,14H2. The van der Waals surface area contributed by atoms with Crippen LogP contribution in [-0.4, -0.2) is 35.3 Å². The minimum absolute atomic E-state index is 0.748. The van der Waals surface area contributed by atoms with Crippen LogP contribution in [0.15, 0.2) is 18.3 Å². The van der Waals surface area contributed by atoms with Crippen LogP contribution in [-0.2, 0) is 12.3 Å². The molecule has 0 radical (unpaired) electrons. The third-order valence-corrected chi connectivity index (χ3v) is 4.02. The van der Waals surface area contributed by atoms with Crippen molar-refractivity contribution in [3.8, 4) is 0 Å². The van der Waals surface area contributed by atoms with E-state index in [1.807, 2.05) is 18.0 Å². The predicted molar refractivity (Wildman–Crippen MR) is 74.0 cm³/mol. The monoisotopic (exact) mass is 251 g/mol. The third kappa shape index (κ3) is 4.30. The maximum atomic E-state index is 5.48. The Morgan fingerprint density at radius 3 is 2.94 bits per heavy atom. The minimum Gasteiger partial charge on any atom is -0.330 e. The lowest BCUT2D eigenvalue weighted by Gasteiger charge is -2.14. The van der Waals surface area contributed by atoms with E-state index in [-0.39, 0.29) is 0 Å². The molecule has 0 bridgehead atoms. The van der Waals surface area contributed by atoms with Gasteiger partial charge in [-0.05, 0) is 43.6 Å². The Hall–Kier alpha value is -0.580. The lowest BCUT2D eigenvalue weighted by Crippen LogP contribution is -2.18. The van der Waals surface area contributed by atoms with Crippen molar-refractivity contribution < 1.29 is 0 Å². The van der Waals surface area contributed by atoms with Crippen LogP contribution in [0, 0.1) is 0 Å². The van der Waals surface area contributed by atoms with E-state index >= 15 is 0 Å². The molecule has 1 aromatic heterocycles. The molecule has 3 nitrogen and oxygen atoms in total. The maximum Gasteiger partial charge on any atom is 0.0505 e. The number of nitrogens with zero attached hydrogens (tertiary/aromatic N) is 2. The van der Waals surface area contributed by atoms with Gasteiger partial charge in [0.25, 0.3) is 0 Å². The molecule has 1 saturated heterocycles. The topological polar surface area (TPSA) is 42.1 Å². The highest BCUT2D eigenvalue weighted by Crippen LogP contribution is 2.15. The molecule has 0 atom stereocenters. The summed E-state index contributed by atoms with van der Waals surface area (Å²) in [6.07, 6.45) is 4.64. The maximum absolute atomic E-state index is 5.48. The quantitative estimate of drug-likeness (QED) is 0.784. The van der Waals surface area contributed by atoms with Crippen LogP contribution >= 0.6 is 11.8 Å². The average molecular weight is 251 g/mol. The number of thioether (sulfide) groups is 1. The van der Waals surface area contributed by atoms with Crippen LogP contribution in [0.4, 0.5) is 0 Å². The highest BCUT2D eigenvalue weighted by molar-refractivity contribution is 7.98. The van der Waals surface area contributed by atoms with E-state index in [2.05, 4.69) is 22.0 Å². The number of likely N-dealkylation sites (tertiary alicyclic amines) is 1. The summed E-state index contributed by atoms with van der Waals surface area (Å²) in [5.41, 5.74) is 8.06. The summed E-state index contributed by atoms with van der Waals surface area (Å²) in [4.78, 5) is 6.93. The highest BCUT2D eigenvalue weighted by Gasteiger charge is 2.11. The van der Waals surface area contributed by atoms with Crippen LogP contribution in [0.5, 0.6) is 0 Å². The molecule has 2 N–H and O–H groups in total. The third-order valence-electron chi connectivity index (χ3n) is 3.00. The summed E-state index contributed by atoms with van der Waals surface area (Å²) in [7, 11) is 0. The second-order valence-corrected chi connectivity index (χ2v) is 5.59. The largest absolute Gasteiger partial charge is 0.330 e. The molecule has 0 unspecified atom stereocenters. The van der Waals surface area contributed by atoms with Gasteiger partial charge in [-0.25, -0.2) is 0 Å². The minimum atomic E-state index is 0.748. The molecule has 1 aliphatic rings.